The number of nitrogens with one attached hydrogen (secondary N) is 2. The van der Waals surface area contributed by atoms with E-state index in [0.717, 1.165) is 12.5 Å². The molecule has 3 nitrogen and oxygen atoms in total. The lowest BCUT2D eigenvalue weighted by Gasteiger charge is -2.12. The maximum absolute atomic E-state index is 4.33. The molecule has 0 aliphatic heterocycles. The number of halogens is 1. The van der Waals surface area contributed by atoms with E-state index < -0.39 is 0 Å². The summed E-state index contributed by atoms with van der Waals surface area (Å²) in [7, 11) is 1.85. The number of thioether (sulfide) groups is 1. The highest BCUT2D eigenvalue weighted by molar-refractivity contribution is 14.0. The van der Waals surface area contributed by atoms with Crippen molar-refractivity contribution in [2.24, 2.45) is 4.99 Å². The van der Waals surface area contributed by atoms with E-state index in [0.29, 0.717) is 12.0 Å². The molecule has 1 fully saturated rings. The second-order valence-corrected chi connectivity index (χ2v) is 6.63. The normalized spacial score (nSPS) is 20.2. The van der Waals surface area contributed by atoms with Gasteiger partial charge in [0.15, 0.2) is 5.96 Å². The van der Waals surface area contributed by atoms with Gasteiger partial charge >= 0.3 is 0 Å². The van der Waals surface area contributed by atoms with Gasteiger partial charge in [0.1, 0.15) is 0 Å². The lowest BCUT2D eigenvalue weighted by Crippen LogP contribution is -2.39. The van der Waals surface area contributed by atoms with Crippen LogP contribution in [0, 0.1) is 6.92 Å². The van der Waals surface area contributed by atoms with Gasteiger partial charge in [-0.3, -0.25) is 4.99 Å². The summed E-state index contributed by atoms with van der Waals surface area (Å²) < 4.78 is 0. The van der Waals surface area contributed by atoms with Gasteiger partial charge in [-0.1, -0.05) is 24.3 Å². The quantitative estimate of drug-likeness (QED) is 0.298. The Morgan fingerprint density at radius 2 is 2.09 bits per heavy atom. The monoisotopic (exact) mass is 433 g/mol. The Balaban J connectivity index is 0.00000242. The zero-order valence-electron chi connectivity index (χ0n) is 13.8. The lowest BCUT2D eigenvalue weighted by molar-refractivity contribution is 0.727. The van der Waals surface area contributed by atoms with E-state index in [9.17, 15) is 0 Å². The molecule has 0 amide bonds. The molecule has 22 heavy (non-hydrogen) atoms. The van der Waals surface area contributed by atoms with E-state index in [1.165, 1.54) is 36.1 Å². The third kappa shape index (κ3) is 5.99. The number of hydrogen-bond donors (Lipinski definition) is 2. The first-order valence-corrected chi connectivity index (χ1v) is 9.17. The SMILES string of the molecule is CN=C(NCCCCSC)NC1CC1c1ccccc1C.I. The fourth-order valence-electron chi connectivity index (χ4n) is 2.65. The number of aryl methyl sites for hydroxylation is 1. The maximum atomic E-state index is 4.33. The van der Waals surface area contributed by atoms with Crippen molar-refractivity contribution in [2.75, 3.05) is 25.6 Å². The van der Waals surface area contributed by atoms with Crippen molar-refractivity contribution in [3.05, 3.63) is 35.4 Å². The van der Waals surface area contributed by atoms with Crippen LogP contribution in [0.5, 0.6) is 0 Å². The molecule has 1 aromatic rings. The van der Waals surface area contributed by atoms with Crippen LogP contribution in [0.1, 0.15) is 36.3 Å². The van der Waals surface area contributed by atoms with Crippen molar-refractivity contribution < 1.29 is 0 Å². The molecule has 0 spiro atoms. The Morgan fingerprint density at radius 3 is 2.77 bits per heavy atom. The molecule has 1 saturated carbocycles. The van der Waals surface area contributed by atoms with E-state index in [1.54, 1.807) is 0 Å². The minimum Gasteiger partial charge on any atom is -0.356 e. The molecule has 2 N–H and O–H groups in total. The number of aliphatic imine (C=N–C) groups is 1. The van der Waals surface area contributed by atoms with E-state index in [2.05, 4.69) is 53.1 Å². The summed E-state index contributed by atoms with van der Waals surface area (Å²) in [5, 5.41) is 6.96. The summed E-state index contributed by atoms with van der Waals surface area (Å²) in [4.78, 5) is 4.33. The van der Waals surface area contributed by atoms with Crippen LogP contribution in [0.2, 0.25) is 0 Å². The van der Waals surface area contributed by atoms with Gasteiger partial charge < -0.3 is 10.6 Å². The van der Waals surface area contributed by atoms with Gasteiger partial charge in [-0.2, -0.15) is 11.8 Å². The van der Waals surface area contributed by atoms with E-state index in [-0.39, 0.29) is 24.0 Å². The predicted molar refractivity (Wildman–Crippen MR) is 110 cm³/mol. The number of guanidine groups is 1. The molecular formula is C17H28IN3S. The van der Waals surface area contributed by atoms with Crippen LogP contribution < -0.4 is 10.6 Å². The minimum atomic E-state index is 0. The molecule has 5 heteroatoms. The van der Waals surface area contributed by atoms with E-state index in [4.69, 9.17) is 0 Å². The highest BCUT2D eigenvalue weighted by Crippen LogP contribution is 2.41. The first-order valence-electron chi connectivity index (χ1n) is 7.78. The van der Waals surface area contributed by atoms with Gasteiger partial charge in [0.05, 0.1) is 0 Å². The smallest absolute Gasteiger partial charge is 0.191 e. The highest BCUT2D eigenvalue weighted by atomic mass is 127. The van der Waals surface area contributed by atoms with Crippen LogP contribution in [0.3, 0.4) is 0 Å². The molecule has 0 saturated heterocycles. The second kappa shape index (κ2) is 10.4. The Morgan fingerprint density at radius 1 is 1.32 bits per heavy atom. The standard InChI is InChI=1S/C17H27N3S.HI/c1-13-8-4-5-9-14(13)15-12-16(15)20-17(18-2)19-10-6-7-11-21-3;/h4-5,8-9,15-16H,6-7,10-12H2,1-3H3,(H2,18,19,20);1H. The Hall–Kier alpha value is -0.430. The molecule has 0 radical (unpaired) electrons. The Kier molecular flexibility index (Phi) is 9.24. The average molecular weight is 433 g/mol. The fourth-order valence-corrected chi connectivity index (χ4v) is 3.14. The molecule has 1 aliphatic carbocycles. The predicted octanol–water partition coefficient (Wildman–Crippen LogP) is 3.78. The molecule has 0 heterocycles. The first kappa shape index (κ1) is 19.6. The lowest BCUT2D eigenvalue weighted by atomic mass is 10.0. The third-order valence-electron chi connectivity index (χ3n) is 3.99. The largest absolute Gasteiger partial charge is 0.356 e. The summed E-state index contributed by atoms with van der Waals surface area (Å²) >= 11 is 1.91. The van der Waals surface area contributed by atoms with Crippen molar-refractivity contribution in [2.45, 2.75) is 38.1 Å². The average Bonchev–Trinajstić information content (AvgIpc) is 3.25. The number of hydrogen-bond acceptors (Lipinski definition) is 2. The van der Waals surface area contributed by atoms with Gasteiger partial charge in [-0.05, 0) is 49.3 Å². The topological polar surface area (TPSA) is 36.4 Å². The molecule has 2 rings (SSSR count). The van der Waals surface area contributed by atoms with Crippen molar-refractivity contribution in [1.82, 2.24) is 10.6 Å². The molecule has 1 aliphatic rings. The maximum Gasteiger partial charge on any atom is 0.191 e. The van der Waals surface area contributed by atoms with Crippen LogP contribution in [0.4, 0.5) is 0 Å². The van der Waals surface area contributed by atoms with Gasteiger partial charge in [-0.15, -0.1) is 24.0 Å². The zero-order chi connectivity index (χ0) is 15.1. The van der Waals surface area contributed by atoms with Crippen LogP contribution >= 0.6 is 35.7 Å². The Bertz CT molecular complexity index is 479. The number of nitrogens with zero attached hydrogens (tertiary/aromatic N) is 1. The molecule has 2 atom stereocenters. The molecule has 124 valence electrons. The summed E-state index contributed by atoms with van der Waals surface area (Å²) in [5.41, 5.74) is 2.87. The van der Waals surface area contributed by atoms with Crippen molar-refractivity contribution >= 4 is 41.7 Å². The summed E-state index contributed by atoms with van der Waals surface area (Å²) in [6, 6.07) is 9.22. The van der Waals surface area contributed by atoms with E-state index >= 15 is 0 Å². The second-order valence-electron chi connectivity index (χ2n) is 5.65. The van der Waals surface area contributed by atoms with Crippen molar-refractivity contribution in [3.8, 4) is 0 Å². The van der Waals surface area contributed by atoms with Gasteiger partial charge in [0.2, 0.25) is 0 Å². The third-order valence-corrected chi connectivity index (χ3v) is 4.69. The van der Waals surface area contributed by atoms with Gasteiger partial charge in [0.25, 0.3) is 0 Å². The molecule has 1 aromatic carbocycles. The summed E-state index contributed by atoms with van der Waals surface area (Å²) in [6.07, 6.45) is 5.83. The van der Waals surface area contributed by atoms with Gasteiger partial charge in [0, 0.05) is 25.6 Å². The summed E-state index contributed by atoms with van der Waals surface area (Å²) in [6.45, 7) is 3.20. The Labute approximate surface area is 156 Å². The van der Waals surface area contributed by atoms with E-state index in [1.807, 2.05) is 18.8 Å². The van der Waals surface area contributed by atoms with Gasteiger partial charge in [-0.25, -0.2) is 0 Å². The fraction of sp³-hybridized carbons (Fsp3) is 0.588. The molecule has 2 unspecified atom stereocenters. The minimum absolute atomic E-state index is 0. The highest BCUT2D eigenvalue weighted by Gasteiger charge is 2.39. The molecule has 0 bridgehead atoms. The van der Waals surface area contributed by atoms with Crippen LogP contribution in [-0.2, 0) is 0 Å². The zero-order valence-corrected chi connectivity index (χ0v) is 16.9. The first-order chi connectivity index (χ1) is 10.3. The van der Waals surface area contributed by atoms with Crippen LogP contribution in [-0.4, -0.2) is 37.6 Å². The number of unbranched alkanes of at least 4 members (excludes halogenated alkanes) is 1. The van der Waals surface area contributed by atoms with Crippen LogP contribution in [0.15, 0.2) is 29.3 Å². The van der Waals surface area contributed by atoms with Crippen molar-refractivity contribution in [3.63, 3.8) is 0 Å². The van der Waals surface area contributed by atoms with Crippen molar-refractivity contribution in [1.29, 1.82) is 0 Å². The molecular weight excluding hydrogens is 405 g/mol. The van der Waals surface area contributed by atoms with Crippen LogP contribution in [0.25, 0.3) is 0 Å². The summed E-state index contributed by atoms with van der Waals surface area (Å²) in [5.74, 6) is 2.83. The number of benzene rings is 1. The number of rotatable bonds is 7. The molecule has 0 aromatic heterocycles.